The van der Waals surface area contributed by atoms with E-state index in [0.29, 0.717) is 11.8 Å². The molecule has 0 atom stereocenters. The fraction of sp³-hybridized carbons (Fsp3) is 0.381. The van der Waals surface area contributed by atoms with E-state index in [2.05, 4.69) is 26.0 Å². The molecule has 146 valence electrons. The van der Waals surface area contributed by atoms with Gasteiger partial charge in [0.1, 0.15) is 17.2 Å². The molecule has 0 radical (unpaired) electrons. The smallest absolute Gasteiger partial charge is 0.241 e. The molecule has 2 aromatic heterocycles. The highest BCUT2D eigenvalue weighted by Gasteiger charge is 2.25. The SMILES string of the molecule is COc1ccc(Oc2nccnc2C2CCN(Cc3ccnn3C)CC2)cc1. The molecule has 1 saturated heterocycles. The van der Waals surface area contributed by atoms with Gasteiger partial charge in [-0.05, 0) is 56.3 Å². The minimum Gasteiger partial charge on any atom is -0.497 e. The van der Waals surface area contributed by atoms with Gasteiger partial charge in [-0.3, -0.25) is 14.6 Å². The van der Waals surface area contributed by atoms with Gasteiger partial charge in [0.2, 0.25) is 5.88 Å². The third-order valence-corrected chi connectivity index (χ3v) is 5.25. The molecule has 3 heterocycles. The molecule has 0 saturated carbocycles. The summed E-state index contributed by atoms with van der Waals surface area (Å²) in [7, 11) is 3.64. The fourth-order valence-corrected chi connectivity index (χ4v) is 3.60. The van der Waals surface area contributed by atoms with Crippen LogP contribution in [0.2, 0.25) is 0 Å². The topological polar surface area (TPSA) is 65.3 Å². The van der Waals surface area contributed by atoms with Crippen molar-refractivity contribution in [1.29, 1.82) is 0 Å². The summed E-state index contributed by atoms with van der Waals surface area (Å²) in [4.78, 5) is 11.5. The van der Waals surface area contributed by atoms with Gasteiger partial charge in [-0.25, -0.2) is 4.98 Å². The van der Waals surface area contributed by atoms with Crippen LogP contribution in [0.5, 0.6) is 17.4 Å². The Bertz CT molecular complexity index is 901. The molecule has 0 bridgehead atoms. The highest BCUT2D eigenvalue weighted by Crippen LogP contribution is 2.34. The van der Waals surface area contributed by atoms with Gasteiger partial charge in [0.05, 0.1) is 12.8 Å². The average molecular weight is 379 g/mol. The van der Waals surface area contributed by atoms with Gasteiger partial charge in [-0.2, -0.15) is 5.10 Å². The molecule has 7 nitrogen and oxygen atoms in total. The van der Waals surface area contributed by atoms with Crippen molar-refractivity contribution in [2.45, 2.75) is 25.3 Å². The second-order valence-corrected chi connectivity index (χ2v) is 7.02. The van der Waals surface area contributed by atoms with Gasteiger partial charge in [0.25, 0.3) is 0 Å². The minimum atomic E-state index is 0.352. The van der Waals surface area contributed by atoms with Crippen molar-refractivity contribution in [2.24, 2.45) is 7.05 Å². The van der Waals surface area contributed by atoms with Crippen molar-refractivity contribution in [3.05, 3.63) is 60.3 Å². The summed E-state index contributed by atoms with van der Waals surface area (Å²) in [6.45, 7) is 2.97. The number of hydrogen-bond acceptors (Lipinski definition) is 6. The van der Waals surface area contributed by atoms with Crippen molar-refractivity contribution in [1.82, 2.24) is 24.6 Å². The zero-order valence-corrected chi connectivity index (χ0v) is 16.3. The molecular weight excluding hydrogens is 354 g/mol. The van der Waals surface area contributed by atoms with Crippen molar-refractivity contribution in [2.75, 3.05) is 20.2 Å². The zero-order valence-electron chi connectivity index (χ0n) is 16.3. The summed E-state index contributed by atoms with van der Waals surface area (Å²) >= 11 is 0. The van der Waals surface area contributed by atoms with Gasteiger partial charge in [0.15, 0.2) is 0 Å². The lowest BCUT2D eigenvalue weighted by molar-refractivity contribution is 0.197. The van der Waals surface area contributed by atoms with Crippen LogP contribution in [0, 0.1) is 0 Å². The molecule has 1 aliphatic rings. The van der Waals surface area contributed by atoms with Crippen LogP contribution in [0.15, 0.2) is 48.9 Å². The molecule has 7 heteroatoms. The minimum absolute atomic E-state index is 0.352. The molecule has 0 N–H and O–H groups in total. The van der Waals surface area contributed by atoms with Crippen LogP contribution in [-0.2, 0) is 13.6 Å². The first-order chi connectivity index (χ1) is 13.7. The van der Waals surface area contributed by atoms with Crippen LogP contribution in [0.1, 0.15) is 30.1 Å². The molecule has 0 unspecified atom stereocenters. The predicted molar refractivity (Wildman–Crippen MR) is 106 cm³/mol. The highest BCUT2D eigenvalue weighted by atomic mass is 16.5. The number of ether oxygens (including phenoxy) is 2. The Morgan fingerprint density at radius 1 is 0.964 bits per heavy atom. The summed E-state index contributed by atoms with van der Waals surface area (Å²) in [5.74, 6) is 2.48. The summed E-state index contributed by atoms with van der Waals surface area (Å²) in [5, 5.41) is 4.25. The van der Waals surface area contributed by atoms with E-state index in [0.717, 1.165) is 49.7 Å². The molecule has 28 heavy (non-hydrogen) atoms. The predicted octanol–water partition coefficient (Wildman–Crippen LogP) is 3.39. The van der Waals surface area contributed by atoms with Gasteiger partial charge < -0.3 is 9.47 Å². The second kappa shape index (κ2) is 8.39. The summed E-state index contributed by atoms with van der Waals surface area (Å²) < 4.78 is 13.2. The van der Waals surface area contributed by atoms with Crippen LogP contribution in [0.4, 0.5) is 0 Å². The zero-order chi connectivity index (χ0) is 19.3. The van der Waals surface area contributed by atoms with Gasteiger partial charge in [-0.1, -0.05) is 0 Å². The van der Waals surface area contributed by atoms with Gasteiger partial charge in [0, 0.05) is 38.1 Å². The van der Waals surface area contributed by atoms with E-state index in [9.17, 15) is 0 Å². The largest absolute Gasteiger partial charge is 0.497 e. The molecular formula is C21H25N5O2. The Balaban J connectivity index is 1.41. The second-order valence-electron chi connectivity index (χ2n) is 7.02. The van der Waals surface area contributed by atoms with Crippen molar-refractivity contribution in [3.8, 4) is 17.4 Å². The maximum absolute atomic E-state index is 6.04. The molecule has 1 aliphatic heterocycles. The Morgan fingerprint density at radius 2 is 1.68 bits per heavy atom. The van der Waals surface area contributed by atoms with Crippen LogP contribution < -0.4 is 9.47 Å². The molecule has 4 rings (SSSR count). The lowest BCUT2D eigenvalue weighted by Gasteiger charge is -2.31. The quantitative estimate of drug-likeness (QED) is 0.654. The summed E-state index contributed by atoms with van der Waals surface area (Å²) in [6.07, 6.45) is 7.35. The van der Waals surface area contributed by atoms with E-state index < -0.39 is 0 Å². The van der Waals surface area contributed by atoms with Crippen LogP contribution in [-0.4, -0.2) is 44.8 Å². The fourth-order valence-electron chi connectivity index (χ4n) is 3.60. The first-order valence-corrected chi connectivity index (χ1v) is 9.55. The summed E-state index contributed by atoms with van der Waals surface area (Å²) in [6, 6.07) is 9.60. The monoisotopic (exact) mass is 379 g/mol. The van der Waals surface area contributed by atoms with Crippen molar-refractivity contribution in [3.63, 3.8) is 0 Å². The standard InChI is InChI=1S/C21H25N5O2/c1-25-17(7-10-24-25)15-26-13-8-16(9-14-26)20-21(23-12-11-22-20)28-19-5-3-18(27-2)4-6-19/h3-7,10-12,16H,8-9,13-15H2,1-2H3. The lowest BCUT2D eigenvalue weighted by Crippen LogP contribution is -2.33. The van der Waals surface area contributed by atoms with E-state index in [-0.39, 0.29) is 0 Å². The Kier molecular flexibility index (Phi) is 5.53. The van der Waals surface area contributed by atoms with E-state index in [1.807, 2.05) is 42.2 Å². The number of likely N-dealkylation sites (tertiary alicyclic amines) is 1. The average Bonchev–Trinajstić information content (AvgIpc) is 3.14. The maximum atomic E-state index is 6.04. The molecule has 0 amide bonds. The molecule has 0 spiro atoms. The molecule has 1 aromatic carbocycles. The van der Waals surface area contributed by atoms with Crippen molar-refractivity contribution >= 4 is 0 Å². The molecule has 1 fully saturated rings. The summed E-state index contributed by atoms with van der Waals surface area (Å²) in [5.41, 5.74) is 2.18. The van der Waals surface area contributed by atoms with Crippen LogP contribution >= 0.6 is 0 Å². The highest BCUT2D eigenvalue weighted by molar-refractivity contribution is 5.35. The Hall–Kier alpha value is -2.93. The third-order valence-electron chi connectivity index (χ3n) is 5.25. The number of benzene rings is 1. The molecule has 3 aromatic rings. The Morgan fingerprint density at radius 3 is 2.36 bits per heavy atom. The number of aromatic nitrogens is 4. The van der Waals surface area contributed by atoms with Gasteiger partial charge >= 0.3 is 0 Å². The lowest BCUT2D eigenvalue weighted by atomic mass is 9.93. The van der Waals surface area contributed by atoms with Crippen molar-refractivity contribution < 1.29 is 9.47 Å². The van der Waals surface area contributed by atoms with Crippen LogP contribution in [0.3, 0.4) is 0 Å². The van der Waals surface area contributed by atoms with Gasteiger partial charge in [-0.15, -0.1) is 0 Å². The number of methoxy groups -OCH3 is 1. The van der Waals surface area contributed by atoms with E-state index in [4.69, 9.17) is 9.47 Å². The van der Waals surface area contributed by atoms with E-state index in [1.165, 1.54) is 5.69 Å². The number of piperidine rings is 1. The first-order valence-electron chi connectivity index (χ1n) is 9.55. The van der Waals surface area contributed by atoms with E-state index >= 15 is 0 Å². The number of aryl methyl sites for hydroxylation is 1. The normalized spacial score (nSPS) is 15.5. The maximum Gasteiger partial charge on any atom is 0.241 e. The number of hydrogen-bond donors (Lipinski definition) is 0. The first kappa shape index (κ1) is 18.4. The number of nitrogens with zero attached hydrogens (tertiary/aromatic N) is 5. The Labute approximate surface area is 164 Å². The number of rotatable bonds is 6. The third kappa shape index (κ3) is 4.14. The molecule has 0 aliphatic carbocycles. The van der Waals surface area contributed by atoms with E-state index in [1.54, 1.807) is 19.5 Å². The van der Waals surface area contributed by atoms with Crippen LogP contribution in [0.25, 0.3) is 0 Å².